The predicted octanol–water partition coefficient (Wildman–Crippen LogP) is 4.37. The van der Waals surface area contributed by atoms with Gasteiger partial charge in [-0.05, 0) is 35.8 Å². The Hall–Kier alpha value is -2.97. The van der Waals surface area contributed by atoms with Gasteiger partial charge in [0.2, 0.25) is 0 Å². The maximum absolute atomic E-state index is 13.2. The van der Waals surface area contributed by atoms with Crippen LogP contribution in [0.3, 0.4) is 0 Å². The van der Waals surface area contributed by atoms with Gasteiger partial charge in [0.25, 0.3) is 5.91 Å². The normalized spacial score (nSPS) is 15.8. The number of amides is 1. The molecule has 31 heavy (non-hydrogen) atoms. The van der Waals surface area contributed by atoms with Gasteiger partial charge >= 0.3 is 11.9 Å². The molecular formula is C23H21NO5S2. The molecule has 0 saturated carbocycles. The van der Waals surface area contributed by atoms with E-state index >= 15 is 0 Å². The summed E-state index contributed by atoms with van der Waals surface area (Å²) < 4.78 is 10.3. The number of nitrogens with zero attached hydrogens (tertiary/aromatic N) is 1. The Labute approximate surface area is 190 Å². The SMILES string of the molecule is CCCOC(=O)C(c1ccccc1)N1C(=O)/C(=C/c2ccc(C(=O)OC)cc2)SC1=S. The van der Waals surface area contributed by atoms with Crippen LogP contribution < -0.4 is 0 Å². The topological polar surface area (TPSA) is 72.9 Å². The maximum atomic E-state index is 13.2. The fourth-order valence-corrected chi connectivity index (χ4v) is 4.31. The van der Waals surface area contributed by atoms with Crippen molar-refractivity contribution in [3.63, 3.8) is 0 Å². The molecule has 0 spiro atoms. The van der Waals surface area contributed by atoms with Gasteiger partial charge in [0.15, 0.2) is 6.04 Å². The number of thiocarbonyl (C=S) groups is 1. The highest BCUT2D eigenvalue weighted by Gasteiger charge is 2.42. The summed E-state index contributed by atoms with van der Waals surface area (Å²) in [5, 5.41) is 0. The molecule has 2 aromatic carbocycles. The molecule has 0 aliphatic carbocycles. The average Bonchev–Trinajstić information content (AvgIpc) is 3.06. The smallest absolute Gasteiger partial charge is 0.337 e. The lowest BCUT2D eigenvalue weighted by Crippen LogP contribution is -2.38. The van der Waals surface area contributed by atoms with Crippen LogP contribution in [0.5, 0.6) is 0 Å². The van der Waals surface area contributed by atoms with Crippen LogP contribution in [-0.4, -0.2) is 40.8 Å². The Kier molecular flexibility index (Phi) is 7.59. The minimum Gasteiger partial charge on any atom is -0.465 e. The van der Waals surface area contributed by atoms with Gasteiger partial charge < -0.3 is 9.47 Å². The summed E-state index contributed by atoms with van der Waals surface area (Å²) in [4.78, 5) is 39.3. The Morgan fingerprint density at radius 3 is 2.42 bits per heavy atom. The van der Waals surface area contributed by atoms with E-state index in [2.05, 4.69) is 0 Å². The van der Waals surface area contributed by atoms with Gasteiger partial charge in [0, 0.05) is 0 Å². The van der Waals surface area contributed by atoms with E-state index in [1.807, 2.05) is 13.0 Å². The van der Waals surface area contributed by atoms with Crippen molar-refractivity contribution in [2.75, 3.05) is 13.7 Å². The van der Waals surface area contributed by atoms with E-state index in [1.165, 1.54) is 12.0 Å². The van der Waals surface area contributed by atoms with Crippen LogP contribution in [0, 0.1) is 0 Å². The number of hydrogen-bond acceptors (Lipinski definition) is 7. The maximum Gasteiger partial charge on any atom is 0.337 e. The Bertz CT molecular complexity index is 1020. The minimum atomic E-state index is -0.951. The van der Waals surface area contributed by atoms with Crippen molar-refractivity contribution >= 4 is 52.2 Å². The van der Waals surface area contributed by atoms with Crippen LogP contribution in [0.2, 0.25) is 0 Å². The van der Waals surface area contributed by atoms with Gasteiger partial charge in [-0.15, -0.1) is 0 Å². The van der Waals surface area contributed by atoms with Crippen molar-refractivity contribution in [3.05, 3.63) is 76.2 Å². The van der Waals surface area contributed by atoms with Gasteiger partial charge in [-0.2, -0.15) is 0 Å². The van der Waals surface area contributed by atoms with Crippen LogP contribution >= 0.6 is 24.0 Å². The number of carbonyl (C=O) groups is 3. The molecule has 1 aliphatic rings. The second-order valence-corrected chi connectivity index (χ2v) is 8.32. The van der Waals surface area contributed by atoms with E-state index in [9.17, 15) is 14.4 Å². The molecular weight excluding hydrogens is 434 g/mol. The van der Waals surface area contributed by atoms with Gasteiger partial charge in [-0.3, -0.25) is 9.69 Å². The monoisotopic (exact) mass is 455 g/mol. The highest BCUT2D eigenvalue weighted by atomic mass is 32.2. The molecule has 160 valence electrons. The Morgan fingerprint density at radius 1 is 1.13 bits per heavy atom. The zero-order chi connectivity index (χ0) is 22.4. The van der Waals surface area contributed by atoms with Crippen molar-refractivity contribution in [3.8, 4) is 0 Å². The van der Waals surface area contributed by atoms with E-state index in [-0.39, 0.29) is 16.8 Å². The Balaban J connectivity index is 1.90. The third-order valence-electron chi connectivity index (χ3n) is 4.50. The summed E-state index contributed by atoms with van der Waals surface area (Å²) in [6, 6.07) is 14.7. The van der Waals surface area contributed by atoms with Crippen molar-refractivity contribution in [1.82, 2.24) is 4.90 Å². The largest absolute Gasteiger partial charge is 0.465 e. The Morgan fingerprint density at radius 2 is 1.81 bits per heavy atom. The molecule has 8 heteroatoms. The van der Waals surface area contributed by atoms with Crippen LogP contribution in [-0.2, 0) is 19.1 Å². The van der Waals surface area contributed by atoms with E-state index in [4.69, 9.17) is 21.7 Å². The lowest BCUT2D eigenvalue weighted by Gasteiger charge is -2.25. The zero-order valence-corrected chi connectivity index (χ0v) is 18.7. The molecule has 1 saturated heterocycles. The second kappa shape index (κ2) is 10.4. The lowest BCUT2D eigenvalue weighted by molar-refractivity contribution is -0.151. The van der Waals surface area contributed by atoms with Crippen LogP contribution in [0.25, 0.3) is 6.08 Å². The number of esters is 2. The molecule has 1 atom stereocenters. The number of methoxy groups -OCH3 is 1. The van der Waals surface area contributed by atoms with E-state index < -0.39 is 18.0 Å². The molecule has 1 aliphatic heterocycles. The minimum absolute atomic E-state index is 0.263. The van der Waals surface area contributed by atoms with Gasteiger partial charge in [0.1, 0.15) is 4.32 Å². The van der Waals surface area contributed by atoms with E-state index in [0.717, 1.165) is 17.3 Å². The van der Waals surface area contributed by atoms with E-state index in [0.29, 0.717) is 22.5 Å². The third kappa shape index (κ3) is 5.21. The summed E-state index contributed by atoms with van der Waals surface area (Å²) in [6.07, 6.45) is 2.35. The van der Waals surface area contributed by atoms with Crippen LogP contribution in [0.1, 0.15) is 40.9 Å². The molecule has 1 unspecified atom stereocenters. The summed E-state index contributed by atoms with van der Waals surface area (Å²) >= 11 is 6.57. The highest BCUT2D eigenvalue weighted by molar-refractivity contribution is 8.26. The van der Waals surface area contributed by atoms with Crippen molar-refractivity contribution in [2.24, 2.45) is 0 Å². The quantitative estimate of drug-likeness (QED) is 0.349. The number of hydrogen-bond donors (Lipinski definition) is 0. The van der Waals surface area contributed by atoms with Crippen molar-refractivity contribution < 1.29 is 23.9 Å². The first-order valence-electron chi connectivity index (χ1n) is 9.63. The standard InChI is InChI=1S/C23H21NO5S2/c1-3-13-29-22(27)19(16-7-5-4-6-8-16)24-20(25)18(31-23(24)30)14-15-9-11-17(12-10-15)21(26)28-2/h4-12,14,19H,3,13H2,1-2H3/b18-14-. The van der Waals surface area contributed by atoms with Gasteiger partial charge in [-0.1, -0.05) is 73.4 Å². The molecule has 1 fully saturated rings. The molecule has 0 radical (unpaired) electrons. The first-order valence-corrected chi connectivity index (χ1v) is 10.9. The van der Waals surface area contributed by atoms with E-state index in [1.54, 1.807) is 54.6 Å². The summed E-state index contributed by atoms with van der Waals surface area (Å²) in [6.45, 7) is 2.16. The fraction of sp³-hybridized carbons (Fsp3) is 0.217. The summed E-state index contributed by atoms with van der Waals surface area (Å²) in [5.74, 6) is -1.32. The first-order chi connectivity index (χ1) is 15.0. The highest BCUT2D eigenvalue weighted by Crippen LogP contribution is 2.38. The number of benzene rings is 2. The van der Waals surface area contributed by atoms with Gasteiger partial charge in [-0.25, -0.2) is 9.59 Å². The first kappa shape index (κ1) is 22.7. The number of carbonyl (C=O) groups excluding carboxylic acids is 3. The predicted molar refractivity (Wildman–Crippen MR) is 123 cm³/mol. The van der Waals surface area contributed by atoms with Gasteiger partial charge in [0.05, 0.1) is 24.2 Å². The van der Waals surface area contributed by atoms with Crippen LogP contribution in [0.4, 0.5) is 0 Å². The molecule has 1 heterocycles. The zero-order valence-electron chi connectivity index (χ0n) is 17.1. The second-order valence-electron chi connectivity index (χ2n) is 6.65. The molecule has 3 rings (SSSR count). The molecule has 1 amide bonds. The van der Waals surface area contributed by atoms with Crippen molar-refractivity contribution in [1.29, 1.82) is 0 Å². The fourth-order valence-electron chi connectivity index (χ4n) is 2.99. The molecule has 6 nitrogen and oxygen atoms in total. The number of thioether (sulfide) groups is 1. The van der Waals surface area contributed by atoms with Crippen molar-refractivity contribution in [2.45, 2.75) is 19.4 Å². The summed E-state index contributed by atoms with van der Waals surface area (Å²) in [5.41, 5.74) is 1.76. The molecule has 0 aromatic heterocycles. The number of ether oxygens (including phenoxy) is 2. The third-order valence-corrected chi connectivity index (χ3v) is 5.83. The summed E-state index contributed by atoms with van der Waals surface area (Å²) in [7, 11) is 1.32. The van der Waals surface area contributed by atoms with Crippen LogP contribution in [0.15, 0.2) is 59.5 Å². The number of rotatable bonds is 7. The average molecular weight is 456 g/mol. The lowest BCUT2D eigenvalue weighted by atomic mass is 10.1. The molecule has 0 bridgehead atoms. The molecule has 0 N–H and O–H groups in total. The molecule has 2 aromatic rings.